The molecular formula is C17H17N3O. The zero-order chi connectivity index (χ0) is 15.0. The van der Waals surface area contributed by atoms with Gasteiger partial charge < -0.3 is 4.90 Å². The number of nitrogens with zero attached hydrogens (tertiary/aromatic N) is 3. The number of aromatic nitrogens is 2. The number of aryl methyl sites for hydroxylation is 2. The van der Waals surface area contributed by atoms with Gasteiger partial charge in [0.05, 0.1) is 0 Å². The van der Waals surface area contributed by atoms with E-state index in [-0.39, 0.29) is 0 Å². The number of hydrogen-bond acceptors (Lipinski definition) is 3. The number of carbonyl (C=O) groups is 1. The van der Waals surface area contributed by atoms with Crippen LogP contribution >= 0.6 is 0 Å². The molecule has 0 bridgehead atoms. The second-order valence-corrected chi connectivity index (χ2v) is 5.27. The largest absolute Gasteiger partial charge is 0.328 e. The van der Waals surface area contributed by atoms with Crippen molar-refractivity contribution in [3.8, 4) is 0 Å². The second-order valence-electron chi connectivity index (χ2n) is 5.27. The summed E-state index contributed by atoms with van der Waals surface area (Å²) in [7, 11) is 1.93. The lowest BCUT2D eigenvalue weighted by atomic mass is 10.1. The van der Waals surface area contributed by atoms with Crippen LogP contribution in [0.3, 0.4) is 0 Å². The van der Waals surface area contributed by atoms with E-state index in [9.17, 15) is 4.79 Å². The molecule has 0 radical (unpaired) electrons. The van der Waals surface area contributed by atoms with Gasteiger partial charge in [0.15, 0.2) is 12.1 Å². The molecule has 0 aliphatic rings. The first-order valence-corrected chi connectivity index (χ1v) is 6.84. The summed E-state index contributed by atoms with van der Waals surface area (Å²) >= 11 is 0. The number of aldehydes is 1. The van der Waals surface area contributed by atoms with Crippen molar-refractivity contribution in [1.29, 1.82) is 0 Å². The lowest BCUT2D eigenvalue weighted by Crippen LogP contribution is -2.12. The van der Waals surface area contributed by atoms with Crippen LogP contribution in [0.2, 0.25) is 0 Å². The van der Waals surface area contributed by atoms with Crippen molar-refractivity contribution in [2.75, 3.05) is 11.9 Å². The molecule has 3 rings (SSSR count). The Morgan fingerprint density at radius 1 is 1.14 bits per heavy atom. The van der Waals surface area contributed by atoms with E-state index in [1.807, 2.05) is 40.7 Å². The third-order valence-corrected chi connectivity index (χ3v) is 3.57. The van der Waals surface area contributed by atoms with Crippen molar-refractivity contribution < 1.29 is 4.79 Å². The second kappa shape index (κ2) is 5.05. The summed E-state index contributed by atoms with van der Waals surface area (Å²) in [4.78, 5) is 18.0. The number of fused-ring (bicyclic) bond motifs is 1. The highest BCUT2D eigenvalue weighted by atomic mass is 16.1. The van der Waals surface area contributed by atoms with Gasteiger partial charge in [-0.1, -0.05) is 12.1 Å². The number of anilines is 2. The molecule has 21 heavy (non-hydrogen) atoms. The molecule has 2 heterocycles. The van der Waals surface area contributed by atoms with Gasteiger partial charge in [-0.3, -0.25) is 9.20 Å². The molecule has 0 spiro atoms. The Bertz CT molecular complexity index is 800. The summed E-state index contributed by atoms with van der Waals surface area (Å²) in [5.74, 6) is 0.668. The molecule has 106 valence electrons. The van der Waals surface area contributed by atoms with Crippen molar-refractivity contribution in [1.82, 2.24) is 9.38 Å². The van der Waals surface area contributed by atoms with Crippen LogP contribution in [0.25, 0.3) is 5.65 Å². The summed E-state index contributed by atoms with van der Waals surface area (Å²) in [6, 6.07) is 12.0. The van der Waals surface area contributed by atoms with E-state index >= 15 is 0 Å². The van der Waals surface area contributed by atoms with Gasteiger partial charge in [-0.05, 0) is 49.2 Å². The van der Waals surface area contributed by atoms with E-state index in [1.54, 1.807) is 0 Å². The molecule has 3 aromatic rings. The Morgan fingerprint density at radius 3 is 2.52 bits per heavy atom. The molecule has 0 saturated heterocycles. The van der Waals surface area contributed by atoms with E-state index in [2.05, 4.69) is 37.0 Å². The van der Waals surface area contributed by atoms with E-state index in [4.69, 9.17) is 0 Å². The first-order chi connectivity index (χ1) is 10.1. The van der Waals surface area contributed by atoms with Crippen LogP contribution < -0.4 is 4.90 Å². The van der Waals surface area contributed by atoms with Gasteiger partial charge in [0, 0.05) is 18.9 Å². The van der Waals surface area contributed by atoms with Crippen molar-refractivity contribution in [3.05, 3.63) is 59.4 Å². The number of carbonyl (C=O) groups excluding carboxylic acids is 1. The molecule has 0 aliphatic carbocycles. The highest BCUT2D eigenvalue weighted by Crippen LogP contribution is 2.27. The van der Waals surface area contributed by atoms with Crippen molar-refractivity contribution in [3.63, 3.8) is 0 Å². The van der Waals surface area contributed by atoms with Crippen molar-refractivity contribution >= 4 is 23.4 Å². The normalized spacial score (nSPS) is 10.8. The molecule has 4 heteroatoms. The van der Waals surface area contributed by atoms with Crippen LogP contribution in [0.1, 0.15) is 21.6 Å². The quantitative estimate of drug-likeness (QED) is 0.688. The van der Waals surface area contributed by atoms with Crippen LogP contribution in [0.15, 0.2) is 42.6 Å². The number of benzene rings is 1. The van der Waals surface area contributed by atoms with Crippen LogP contribution in [-0.2, 0) is 0 Å². The van der Waals surface area contributed by atoms with Gasteiger partial charge in [0.1, 0.15) is 11.3 Å². The predicted octanol–water partition coefficient (Wildman–Crippen LogP) is 3.53. The molecule has 0 amide bonds. The highest BCUT2D eigenvalue weighted by Gasteiger charge is 2.16. The highest BCUT2D eigenvalue weighted by molar-refractivity contribution is 5.85. The molecule has 0 aliphatic heterocycles. The maximum absolute atomic E-state index is 11.5. The molecule has 0 atom stereocenters. The zero-order valence-electron chi connectivity index (χ0n) is 12.4. The fourth-order valence-corrected chi connectivity index (χ4v) is 2.63. The minimum absolute atomic E-state index is 0.562. The van der Waals surface area contributed by atoms with Crippen molar-refractivity contribution in [2.24, 2.45) is 0 Å². The monoisotopic (exact) mass is 279 g/mol. The Labute approximate surface area is 123 Å². The van der Waals surface area contributed by atoms with Crippen LogP contribution in [0.4, 0.5) is 11.5 Å². The topological polar surface area (TPSA) is 37.6 Å². The fourth-order valence-electron chi connectivity index (χ4n) is 2.63. The maximum Gasteiger partial charge on any atom is 0.170 e. The Kier molecular flexibility index (Phi) is 3.22. The third-order valence-electron chi connectivity index (χ3n) is 3.57. The molecule has 1 aromatic carbocycles. The summed E-state index contributed by atoms with van der Waals surface area (Å²) in [5.41, 5.74) is 4.73. The summed E-state index contributed by atoms with van der Waals surface area (Å²) in [6.07, 6.45) is 2.71. The lowest BCUT2D eigenvalue weighted by molar-refractivity contribution is 0.111. The van der Waals surface area contributed by atoms with E-state index < -0.39 is 0 Å². The third kappa shape index (κ3) is 2.29. The molecule has 2 aromatic heterocycles. The molecule has 0 fully saturated rings. The van der Waals surface area contributed by atoms with Gasteiger partial charge in [-0.2, -0.15) is 0 Å². The average molecular weight is 279 g/mol. The fraction of sp³-hybridized carbons (Fsp3) is 0.176. The lowest BCUT2D eigenvalue weighted by Gasteiger charge is -2.18. The number of rotatable bonds is 3. The molecule has 0 N–H and O–H groups in total. The van der Waals surface area contributed by atoms with Gasteiger partial charge in [0.25, 0.3) is 0 Å². The van der Waals surface area contributed by atoms with E-state index in [0.29, 0.717) is 11.5 Å². The first kappa shape index (κ1) is 13.4. The van der Waals surface area contributed by atoms with E-state index in [1.165, 1.54) is 11.1 Å². The first-order valence-electron chi connectivity index (χ1n) is 6.84. The van der Waals surface area contributed by atoms with Gasteiger partial charge in [-0.25, -0.2) is 4.98 Å². The number of imidazole rings is 1. The van der Waals surface area contributed by atoms with Crippen LogP contribution in [-0.4, -0.2) is 22.7 Å². The predicted molar refractivity (Wildman–Crippen MR) is 84.6 cm³/mol. The van der Waals surface area contributed by atoms with Crippen molar-refractivity contribution in [2.45, 2.75) is 13.8 Å². The Balaban J connectivity index is 2.17. The summed E-state index contributed by atoms with van der Waals surface area (Å²) < 4.78 is 1.81. The van der Waals surface area contributed by atoms with Gasteiger partial charge in [-0.15, -0.1) is 0 Å². The molecule has 0 saturated carbocycles. The van der Waals surface area contributed by atoms with E-state index in [0.717, 1.165) is 17.6 Å². The maximum atomic E-state index is 11.5. The number of hydrogen-bond donors (Lipinski definition) is 0. The van der Waals surface area contributed by atoms with Crippen LogP contribution in [0, 0.1) is 13.8 Å². The molecule has 0 unspecified atom stereocenters. The van der Waals surface area contributed by atoms with Gasteiger partial charge >= 0.3 is 0 Å². The average Bonchev–Trinajstić information content (AvgIpc) is 2.83. The smallest absolute Gasteiger partial charge is 0.170 e. The number of pyridine rings is 1. The summed E-state index contributed by atoms with van der Waals surface area (Å²) in [6.45, 7) is 4.13. The Morgan fingerprint density at radius 2 is 1.86 bits per heavy atom. The van der Waals surface area contributed by atoms with Crippen LogP contribution in [0.5, 0.6) is 0 Å². The zero-order valence-corrected chi connectivity index (χ0v) is 12.4. The molecular weight excluding hydrogens is 262 g/mol. The van der Waals surface area contributed by atoms with Gasteiger partial charge in [0.2, 0.25) is 0 Å². The standard InChI is InChI=1S/C17H17N3O/c1-12-8-13(2)10-14(9-12)19(3)17-15(11-21)20-7-5-4-6-16(20)18-17/h4-11H,1-3H3. The molecule has 4 nitrogen and oxygen atoms in total. The minimum Gasteiger partial charge on any atom is -0.328 e. The summed E-state index contributed by atoms with van der Waals surface area (Å²) in [5, 5.41) is 0. The minimum atomic E-state index is 0.562. The SMILES string of the molecule is Cc1cc(C)cc(N(C)c2nc3ccccn3c2C=O)c1. The Hall–Kier alpha value is -2.62.